The van der Waals surface area contributed by atoms with Gasteiger partial charge in [0, 0.05) is 28.6 Å². The van der Waals surface area contributed by atoms with E-state index in [0.717, 1.165) is 11.1 Å². The van der Waals surface area contributed by atoms with Crippen LogP contribution >= 0.6 is 0 Å². The lowest BCUT2D eigenvalue weighted by Crippen LogP contribution is -1.92. The number of aromatic amines is 1. The molecule has 1 aromatic heterocycles. The number of anilines is 1. The molecule has 0 saturated heterocycles. The first-order valence-corrected chi connectivity index (χ1v) is 8.50. The van der Waals surface area contributed by atoms with Crippen LogP contribution in [-0.2, 0) is 6.42 Å². The molecule has 0 aliphatic carbocycles. The van der Waals surface area contributed by atoms with E-state index >= 15 is 0 Å². The maximum absolute atomic E-state index is 9.94. The molecule has 8 heteroatoms. The molecule has 4 rings (SSSR count). The van der Waals surface area contributed by atoms with Crippen molar-refractivity contribution in [1.29, 1.82) is 0 Å². The molecule has 0 saturated carbocycles. The Bertz CT molecular complexity index is 1190. The molecule has 0 fully saturated rings. The van der Waals surface area contributed by atoms with E-state index in [0.29, 0.717) is 40.6 Å². The van der Waals surface area contributed by atoms with E-state index in [1.54, 1.807) is 48.5 Å². The highest BCUT2D eigenvalue weighted by molar-refractivity contribution is 5.82. The molecule has 4 N–H and O–H groups in total. The molecule has 0 aliphatic rings. The van der Waals surface area contributed by atoms with Crippen molar-refractivity contribution in [3.05, 3.63) is 82.5 Å². The molecule has 0 unspecified atom stereocenters. The van der Waals surface area contributed by atoms with E-state index in [1.165, 1.54) is 0 Å². The van der Waals surface area contributed by atoms with Crippen LogP contribution in [0.2, 0.25) is 0 Å². The second-order valence-corrected chi connectivity index (χ2v) is 6.18. The van der Waals surface area contributed by atoms with Gasteiger partial charge in [0.25, 0.3) is 0 Å². The zero-order valence-corrected chi connectivity index (χ0v) is 14.7. The average molecular weight is 372 g/mol. The lowest BCUT2D eigenvalue weighted by molar-refractivity contribution is 0.469. The fraction of sp³-hybridized carbons (Fsp3) is 0.0500. The van der Waals surface area contributed by atoms with Crippen LogP contribution in [0.25, 0.3) is 21.5 Å². The molecular formula is C20H16N6O2. The molecule has 0 spiro atoms. The minimum Gasteiger partial charge on any atom is -0.508 e. The van der Waals surface area contributed by atoms with Crippen molar-refractivity contribution in [3.8, 4) is 17.2 Å². The summed E-state index contributed by atoms with van der Waals surface area (Å²) in [5, 5.41) is 13.5. The Balaban J connectivity index is 1.60. The fourth-order valence-corrected chi connectivity index (χ4v) is 2.88. The molecule has 3 aromatic carbocycles. The largest absolute Gasteiger partial charge is 0.508 e. The number of benzene rings is 3. The van der Waals surface area contributed by atoms with Crippen molar-refractivity contribution in [1.82, 2.24) is 9.97 Å². The molecule has 28 heavy (non-hydrogen) atoms. The topological polar surface area (TPSA) is 133 Å². The molecule has 1 heterocycles. The second kappa shape index (κ2) is 7.22. The Morgan fingerprint density at radius 3 is 2.68 bits per heavy atom. The number of phenols is 1. The Morgan fingerprint density at radius 2 is 1.93 bits per heavy atom. The van der Waals surface area contributed by atoms with Gasteiger partial charge in [-0.15, -0.1) is 0 Å². The van der Waals surface area contributed by atoms with Crippen molar-refractivity contribution in [2.45, 2.75) is 6.42 Å². The molecule has 0 atom stereocenters. The molecule has 138 valence electrons. The number of nitrogens with two attached hydrogens (primary N) is 1. The SMILES string of the molecule is [N-]=[N+]=Nc1ccc(Oc2cc3nc(Cc4ccccc4O)[nH]c3cc2N)cc1. The van der Waals surface area contributed by atoms with Crippen molar-refractivity contribution in [2.24, 2.45) is 5.11 Å². The monoisotopic (exact) mass is 372 g/mol. The number of azide groups is 1. The number of para-hydroxylation sites is 1. The number of ether oxygens (including phenoxy) is 1. The third kappa shape index (κ3) is 3.53. The zero-order valence-electron chi connectivity index (χ0n) is 14.7. The summed E-state index contributed by atoms with van der Waals surface area (Å²) in [6.45, 7) is 0. The Hall–Kier alpha value is -4.16. The fourth-order valence-electron chi connectivity index (χ4n) is 2.88. The number of hydrogen-bond donors (Lipinski definition) is 3. The van der Waals surface area contributed by atoms with E-state index < -0.39 is 0 Å². The van der Waals surface area contributed by atoms with Gasteiger partial charge in [-0.05, 0) is 41.9 Å². The van der Waals surface area contributed by atoms with E-state index in [4.69, 9.17) is 16.0 Å². The second-order valence-electron chi connectivity index (χ2n) is 6.18. The summed E-state index contributed by atoms with van der Waals surface area (Å²) in [6.07, 6.45) is 0.471. The number of nitrogens with one attached hydrogen (secondary N) is 1. The first kappa shape index (κ1) is 17.3. The highest BCUT2D eigenvalue weighted by Crippen LogP contribution is 2.32. The van der Waals surface area contributed by atoms with Gasteiger partial charge in [-0.3, -0.25) is 0 Å². The quantitative estimate of drug-likeness (QED) is 0.193. The van der Waals surface area contributed by atoms with Gasteiger partial charge in [-0.1, -0.05) is 23.3 Å². The molecule has 8 nitrogen and oxygen atoms in total. The predicted octanol–water partition coefficient (Wildman–Crippen LogP) is 5.18. The van der Waals surface area contributed by atoms with Crippen LogP contribution in [-0.4, -0.2) is 15.1 Å². The number of hydrogen-bond acceptors (Lipinski definition) is 5. The van der Waals surface area contributed by atoms with E-state index in [2.05, 4.69) is 20.0 Å². The number of rotatable bonds is 5. The first-order chi connectivity index (χ1) is 13.6. The van der Waals surface area contributed by atoms with Crippen LogP contribution < -0.4 is 10.5 Å². The number of aromatic nitrogens is 2. The molecule has 0 bridgehead atoms. The first-order valence-electron chi connectivity index (χ1n) is 8.50. The predicted molar refractivity (Wildman–Crippen MR) is 107 cm³/mol. The summed E-state index contributed by atoms with van der Waals surface area (Å²) in [5.74, 6) is 1.99. The number of nitrogens with zero attached hydrogens (tertiary/aromatic N) is 4. The Kier molecular flexibility index (Phi) is 4.45. The minimum absolute atomic E-state index is 0.232. The van der Waals surface area contributed by atoms with Crippen LogP contribution in [0.15, 0.2) is 65.8 Å². The van der Waals surface area contributed by atoms with Gasteiger partial charge in [0.2, 0.25) is 0 Å². The van der Waals surface area contributed by atoms with Crippen molar-refractivity contribution >= 4 is 22.4 Å². The number of nitrogen functional groups attached to an aromatic ring is 1. The number of aromatic hydroxyl groups is 1. The maximum Gasteiger partial charge on any atom is 0.152 e. The minimum atomic E-state index is 0.232. The standard InChI is InChI=1S/C20H16N6O2/c21-15-10-16-17(24-20(23-16)9-12-3-1-2-4-18(12)27)11-19(15)28-14-7-5-13(6-8-14)25-26-22/h1-8,10-11,27H,9,21H2,(H,23,24). The molecule has 0 aliphatic heterocycles. The lowest BCUT2D eigenvalue weighted by Gasteiger charge is -2.08. The van der Waals surface area contributed by atoms with Gasteiger partial charge in [-0.25, -0.2) is 4.98 Å². The van der Waals surface area contributed by atoms with Gasteiger partial charge < -0.3 is 20.6 Å². The summed E-state index contributed by atoms with van der Waals surface area (Å²) in [4.78, 5) is 10.5. The third-order valence-corrected chi connectivity index (χ3v) is 4.24. The van der Waals surface area contributed by atoms with E-state index in [-0.39, 0.29) is 5.75 Å². The summed E-state index contributed by atoms with van der Waals surface area (Å²) in [5.41, 5.74) is 17.8. The number of imidazole rings is 1. The smallest absolute Gasteiger partial charge is 0.152 e. The van der Waals surface area contributed by atoms with Crippen LogP contribution in [0.3, 0.4) is 0 Å². The average Bonchev–Trinajstić information content (AvgIpc) is 3.07. The van der Waals surface area contributed by atoms with Gasteiger partial charge in [-0.2, -0.15) is 0 Å². The van der Waals surface area contributed by atoms with Crippen molar-refractivity contribution in [2.75, 3.05) is 5.73 Å². The highest BCUT2D eigenvalue weighted by atomic mass is 16.5. The van der Waals surface area contributed by atoms with Crippen LogP contribution in [0, 0.1) is 0 Å². The summed E-state index contributed by atoms with van der Waals surface area (Å²) in [6, 6.07) is 17.4. The number of H-pyrrole nitrogens is 1. The van der Waals surface area contributed by atoms with Crippen LogP contribution in [0.4, 0.5) is 11.4 Å². The molecule has 0 amide bonds. The van der Waals surface area contributed by atoms with Gasteiger partial charge >= 0.3 is 0 Å². The summed E-state index contributed by atoms with van der Waals surface area (Å²) < 4.78 is 5.84. The molecule has 0 radical (unpaired) electrons. The van der Waals surface area contributed by atoms with E-state index in [1.807, 2.05) is 12.1 Å². The summed E-state index contributed by atoms with van der Waals surface area (Å²) in [7, 11) is 0. The normalized spacial score (nSPS) is 10.6. The van der Waals surface area contributed by atoms with Gasteiger partial charge in [0.1, 0.15) is 17.3 Å². The van der Waals surface area contributed by atoms with Crippen LogP contribution in [0.1, 0.15) is 11.4 Å². The molecular weight excluding hydrogens is 356 g/mol. The summed E-state index contributed by atoms with van der Waals surface area (Å²) >= 11 is 0. The van der Waals surface area contributed by atoms with Crippen LogP contribution in [0.5, 0.6) is 17.2 Å². The number of phenolic OH excluding ortho intramolecular Hbond substituents is 1. The number of fused-ring (bicyclic) bond motifs is 1. The highest BCUT2D eigenvalue weighted by Gasteiger charge is 2.11. The lowest BCUT2D eigenvalue weighted by atomic mass is 10.1. The zero-order chi connectivity index (χ0) is 19.5. The Labute approximate surface area is 159 Å². The Morgan fingerprint density at radius 1 is 1.14 bits per heavy atom. The van der Waals surface area contributed by atoms with Crippen molar-refractivity contribution < 1.29 is 9.84 Å². The van der Waals surface area contributed by atoms with Crippen molar-refractivity contribution in [3.63, 3.8) is 0 Å². The third-order valence-electron chi connectivity index (χ3n) is 4.24. The molecule has 4 aromatic rings. The van der Waals surface area contributed by atoms with E-state index in [9.17, 15) is 5.11 Å². The van der Waals surface area contributed by atoms with Gasteiger partial charge in [0.15, 0.2) is 5.75 Å². The maximum atomic E-state index is 9.94. The van der Waals surface area contributed by atoms with Gasteiger partial charge in [0.05, 0.1) is 16.7 Å².